The highest BCUT2D eigenvalue weighted by molar-refractivity contribution is 7.10. The van der Waals surface area contributed by atoms with Gasteiger partial charge in [0.15, 0.2) is 0 Å². The zero-order valence-electron chi connectivity index (χ0n) is 9.06. The molecule has 0 bridgehead atoms. The second-order valence-corrected chi connectivity index (χ2v) is 4.85. The molecule has 1 fully saturated rings. The number of likely N-dealkylation sites (N-methyl/N-ethyl adjacent to an activating group) is 1. The van der Waals surface area contributed by atoms with Crippen LogP contribution in [0.4, 0.5) is 0 Å². The summed E-state index contributed by atoms with van der Waals surface area (Å²) in [7, 11) is 1.87. The molecule has 1 amide bonds. The van der Waals surface area contributed by atoms with Gasteiger partial charge >= 0.3 is 0 Å². The van der Waals surface area contributed by atoms with Gasteiger partial charge in [0.05, 0.1) is 6.04 Å². The molecule has 3 nitrogen and oxygen atoms in total. The van der Waals surface area contributed by atoms with Crippen molar-refractivity contribution in [1.29, 1.82) is 0 Å². The van der Waals surface area contributed by atoms with Crippen molar-refractivity contribution in [3.63, 3.8) is 0 Å². The Morgan fingerprint density at radius 2 is 2.40 bits per heavy atom. The molecule has 15 heavy (non-hydrogen) atoms. The van der Waals surface area contributed by atoms with E-state index in [9.17, 15) is 4.79 Å². The van der Waals surface area contributed by atoms with E-state index in [0.29, 0.717) is 0 Å². The molecule has 82 valence electrons. The Morgan fingerprint density at radius 1 is 1.60 bits per heavy atom. The molecule has 1 saturated heterocycles. The number of carbonyl (C=O) groups excluding carboxylic acids is 1. The Balaban J connectivity index is 2.13. The van der Waals surface area contributed by atoms with Crippen LogP contribution in [0.25, 0.3) is 0 Å². The number of nitrogens with one attached hydrogen (secondary N) is 1. The minimum absolute atomic E-state index is 0.00657. The minimum atomic E-state index is 0.00657. The molecule has 0 aliphatic carbocycles. The van der Waals surface area contributed by atoms with Crippen LogP contribution in [0.3, 0.4) is 0 Å². The van der Waals surface area contributed by atoms with Crippen LogP contribution >= 0.6 is 11.3 Å². The van der Waals surface area contributed by atoms with E-state index in [-0.39, 0.29) is 18.1 Å². The van der Waals surface area contributed by atoms with E-state index in [1.165, 1.54) is 4.88 Å². The fourth-order valence-corrected chi connectivity index (χ4v) is 2.79. The summed E-state index contributed by atoms with van der Waals surface area (Å²) >= 11 is 1.69. The van der Waals surface area contributed by atoms with Gasteiger partial charge in [-0.2, -0.15) is 0 Å². The molecular weight excluding hydrogens is 208 g/mol. The third-order valence-electron chi connectivity index (χ3n) is 2.78. The Hall–Kier alpha value is -0.870. The lowest BCUT2D eigenvalue weighted by molar-refractivity contribution is -0.128. The Kier molecular flexibility index (Phi) is 3.07. The van der Waals surface area contributed by atoms with Gasteiger partial charge in [-0.25, -0.2) is 0 Å². The van der Waals surface area contributed by atoms with Crippen molar-refractivity contribution in [3.8, 4) is 0 Å². The van der Waals surface area contributed by atoms with E-state index in [1.807, 2.05) is 23.4 Å². The van der Waals surface area contributed by atoms with Crippen molar-refractivity contribution in [1.82, 2.24) is 10.2 Å². The highest BCUT2D eigenvalue weighted by Gasteiger charge is 2.36. The molecule has 2 rings (SSSR count). The summed E-state index contributed by atoms with van der Waals surface area (Å²) < 4.78 is 0. The summed E-state index contributed by atoms with van der Waals surface area (Å²) in [6.07, 6.45) is 2.04. The summed E-state index contributed by atoms with van der Waals surface area (Å²) in [5.41, 5.74) is 0. The molecule has 1 aromatic rings. The summed E-state index contributed by atoms with van der Waals surface area (Å²) in [5.74, 6) is 0.218. The average molecular weight is 224 g/mol. The molecule has 0 saturated carbocycles. The largest absolute Gasteiger partial charge is 0.324 e. The van der Waals surface area contributed by atoms with Crippen LogP contribution in [-0.4, -0.2) is 23.9 Å². The van der Waals surface area contributed by atoms with Crippen LogP contribution < -0.4 is 5.32 Å². The van der Waals surface area contributed by atoms with Crippen LogP contribution in [0, 0.1) is 0 Å². The van der Waals surface area contributed by atoms with Crippen LogP contribution in [0.5, 0.6) is 0 Å². The second-order valence-electron chi connectivity index (χ2n) is 3.88. The van der Waals surface area contributed by atoms with Gasteiger partial charge in [0.1, 0.15) is 6.17 Å². The number of rotatable bonds is 3. The molecular formula is C11H16N2OS. The number of nitrogens with zero attached hydrogens (tertiary/aromatic N) is 1. The van der Waals surface area contributed by atoms with Crippen molar-refractivity contribution < 1.29 is 4.79 Å². The van der Waals surface area contributed by atoms with Gasteiger partial charge in [-0.1, -0.05) is 19.4 Å². The van der Waals surface area contributed by atoms with Gasteiger partial charge < -0.3 is 4.90 Å². The monoisotopic (exact) mass is 224 g/mol. The van der Waals surface area contributed by atoms with Gasteiger partial charge in [-0.05, 0) is 17.9 Å². The van der Waals surface area contributed by atoms with Crippen molar-refractivity contribution in [2.75, 3.05) is 7.05 Å². The Labute approximate surface area is 94.1 Å². The highest BCUT2D eigenvalue weighted by Crippen LogP contribution is 2.28. The number of hydrogen-bond acceptors (Lipinski definition) is 3. The first-order valence-electron chi connectivity index (χ1n) is 5.30. The third kappa shape index (κ3) is 1.92. The van der Waals surface area contributed by atoms with Crippen molar-refractivity contribution in [2.24, 2.45) is 0 Å². The smallest absolute Gasteiger partial charge is 0.241 e. The lowest BCUT2D eigenvalue weighted by atomic mass is 10.2. The van der Waals surface area contributed by atoms with Gasteiger partial charge in [-0.15, -0.1) is 11.3 Å². The molecule has 2 unspecified atom stereocenters. The maximum absolute atomic E-state index is 11.9. The second kappa shape index (κ2) is 4.33. The van der Waals surface area contributed by atoms with E-state index in [0.717, 1.165) is 12.8 Å². The maximum Gasteiger partial charge on any atom is 0.241 e. The quantitative estimate of drug-likeness (QED) is 0.851. The molecule has 0 radical (unpaired) electrons. The predicted molar refractivity (Wildman–Crippen MR) is 61.7 cm³/mol. The lowest BCUT2D eigenvalue weighted by Crippen LogP contribution is -2.28. The fourth-order valence-electron chi connectivity index (χ4n) is 1.96. The summed E-state index contributed by atoms with van der Waals surface area (Å²) in [6, 6.07) is 4.10. The molecule has 4 heteroatoms. The molecule has 2 atom stereocenters. The molecule has 1 N–H and O–H groups in total. The first kappa shape index (κ1) is 10.6. The third-order valence-corrected chi connectivity index (χ3v) is 3.71. The molecule has 1 aliphatic rings. The SMILES string of the molecule is CCCC1NC(c2cccs2)N(C)C1=O. The van der Waals surface area contributed by atoms with Gasteiger partial charge in [0, 0.05) is 11.9 Å². The fraction of sp³-hybridized carbons (Fsp3) is 0.545. The molecule has 2 heterocycles. The highest BCUT2D eigenvalue weighted by atomic mass is 32.1. The maximum atomic E-state index is 11.9. The van der Waals surface area contributed by atoms with Crippen LogP contribution in [0.15, 0.2) is 17.5 Å². The standard InChI is InChI=1S/C11H16N2OS/c1-3-5-8-11(14)13(2)10(12-8)9-6-4-7-15-9/h4,6-8,10,12H,3,5H2,1-2H3. The van der Waals surface area contributed by atoms with E-state index in [2.05, 4.69) is 18.3 Å². The average Bonchev–Trinajstić information content (AvgIpc) is 2.82. The molecule has 1 aromatic heterocycles. The Bertz CT molecular complexity index is 336. The van der Waals surface area contributed by atoms with Crippen molar-refractivity contribution >= 4 is 17.2 Å². The topological polar surface area (TPSA) is 32.3 Å². The molecule has 1 aliphatic heterocycles. The van der Waals surface area contributed by atoms with E-state index in [4.69, 9.17) is 0 Å². The summed E-state index contributed by atoms with van der Waals surface area (Å²) in [5, 5.41) is 5.42. The number of hydrogen-bond donors (Lipinski definition) is 1. The minimum Gasteiger partial charge on any atom is -0.324 e. The number of thiophene rings is 1. The summed E-state index contributed by atoms with van der Waals surface area (Å²) in [4.78, 5) is 14.9. The van der Waals surface area contributed by atoms with Gasteiger partial charge in [0.25, 0.3) is 0 Å². The predicted octanol–water partition coefficient (Wildman–Crippen LogP) is 1.98. The van der Waals surface area contributed by atoms with Crippen molar-refractivity contribution in [2.45, 2.75) is 32.0 Å². The van der Waals surface area contributed by atoms with Crippen LogP contribution in [0.1, 0.15) is 30.8 Å². The lowest BCUT2D eigenvalue weighted by Gasteiger charge is -2.17. The summed E-state index contributed by atoms with van der Waals surface area (Å²) in [6.45, 7) is 2.10. The van der Waals surface area contributed by atoms with Crippen LogP contribution in [-0.2, 0) is 4.79 Å². The molecule has 0 aromatic carbocycles. The normalized spacial score (nSPS) is 26.3. The van der Waals surface area contributed by atoms with E-state index < -0.39 is 0 Å². The zero-order valence-corrected chi connectivity index (χ0v) is 9.88. The number of amides is 1. The van der Waals surface area contributed by atoms with Crippen molar-refractivity contribution in [3.05, 3.63) is 22.4 Å². The van der Waals surface area contributed by atoms with E-state index in [1.54, 1.807) is 11.3 Å². The van der Waals surface area contributed by atoms with Gasteiger partial charge in [-0.3, -0.25) is 10.1 Å². The molecule has 0 spiro atoms. The zero-order chi connectivity index (χ0) is 10.8. The van der Waals surface area contributed by atoms with Gasteiger partial charge in [0.2, 0.25) is 5.91 Å². The number of carbonyl (C=O) groups is 1. The van der Waals surface area contributed by atoms with Crippen LogP contribution in [0.2, 0.25) is 0 Å². The first-order chi connectivity index (χ1) is 7.24. The van der Waals surface area contributed by atoms with E-state index >= 15 is 0 Å². The first-order valence-corrected chi connectivity index (χ1v) is 6.18. The Morgan fingerprint density at radius 3 is 3.00 bits per heavy atom.